The van der Waals surface area contributed by atoms with E-state index in [1.807, 2.05) is 26.1 Å². The maximum Gasteiger partial charge on any atom is 0.407 e. The molecule has 1 aromatic rings. The molecule has 1 saturated heterocycles. The van der Waals surface area contributed by atoms with Crippen LogP contribution in [-0.4, -0.2) is 30.3 Å². The molecule has 1 aliphatic heterocycles. The molecule has 1 amide bonds. The van der Waals surface area contributed by atoms with Crippen molar-refractivity contribution >= 4 is 6.09 Å². The van der Waals surface area contributed by atoms with Gasteiger partial charge in [-0.05, 0) is 44.2 Å². The predicted octanol–water partition coefficient (Wildman–Crippen LogP) is 4.12. The Morgan fingerprint density at radius 2 is 2.23 bits per heavy atom. The molecule has 2 aliphatic rings. The summed E-state index contributed by atoms with van der Waals surface area (Å²) in [7, 11) is 0. The van der Waals surface area contributed by atoms with Crippen molar-refractivity contribution in [2.24, 2.45) is 23.2 Å². The monoisotopic (exact) mass is 358 g/mol. The number of amides is 1. The first kappa shape index (κ1) is 18.9. The average molecular weight is 358 g/mol. The Morgan fingerprint density at radius 1 is 1.46 bits per heavy atom. The number of carbonyl (C=O) groups is 1. The number of allylic oxidation sites excluding steroid dienone is 1. The quantitative estimate of drug-likeness (QED) is 0.823. The van der Waals surface area contributed by atoms with Gasteiger partial charge in [-0.1, -0.05) is 31.6 Å². The molecule has 2 bridgehead atoms. The third kappa shape index (κ3) is 3.37. The summed E-state index contributed by atoms with van der Waals surface area (Å²) in [6, 6.07) is 4.10. The molecule has 26 heavy (non-hydrogen) atoms. The molecule has 2 heterocycles. The lowest BCUT2D eigenvalue weighted by molar-refractivity contribution is -0.165. The van der Waals surface area contributed by atoms with E-state index in [1.165, 1.54) is 5.57 Å². The van der Waals surface area contributed by atoms with Crippen molar-refractivity contribution < 1.29 is 14.3 Å². The molecule has 1 aliphatic carbocycles. The minimum Gasteiger partial charge on any atom is -0.449 e. The predicted molar refractivity (Wildman–Crippen MR) is 101 cm³/mol. The second-order valence-electron chi connectivity index (χ2n) is 8.14. The third-order valence-corrected chi connectivity index (χ3v) is 6.14. The highest BCUT2D eigenvalue weighted by Crippen LogP contribution is 2.56. The first-order chi connectivity index (χ1) is 12.3. The maximum atomic E-state index is 12.0. The molecule has 5 atom stereocenters. The second kappa shape index (κ2) is 7.39. The van der Waals surface area contributed by atoms with Gasteiger partial charge in [-0.25, -0.2) is 4.79 Å². The van der Waals surface area contributed by atoms with Crippen molar-refractivity contribution in [3.63, 3.8) is 0 Å². The van der Waals surface area contributed by atoms with Crippen molar-refractivity contribution in [2.45, 2.75) is 46.8 Å². The van der Waals surface area contributed by atoms with Gasteiger partial charge < -0.3 is 14.8 Å². The molecule has 5 nitrogen and oxygen atoms in total. The summed E-state index contributed by atoms with van der Waals surface area (Å²) in [5.74, 6) is 0.893. The highest BCUT2D eigenvalue weighted by Gasteiger charge is 2.54. The Kier molecular flexibility index (Phi) is 5.37. The minimum atomic E-state index is -0.356. The van der Waals surface area contributed by atoms with E-state index in [1.54, 1.807) is 6.20 Å². The summed E-state index contributed by atoms with van der Waals surface area (Å²) < 4.78 is 12.0. The molecule has 0 spiro atoms. The van der Waals surface area contributed by atoms with Crippen molar-refractivity contribution in [2.75, 3.05) is 13.2 Å². The molecule has 1 fully saturated rings. The van der Waals surface area contributed by atoms with Crippen molar-refractivity contribution in [3.8, 4) is 0 Å². The molecule has 142 valence electrons. The highest BCUT2D eigenvalue weighted by molar-refractivity contribution is 5.67. The van der Waals surface area contributed by atoms with E-state index in [-0.39, 0.29) is 35.5 Å². The molecular weight excluding hydrogens is 328 g/mol. The van der Waals surface area contributed by atoms with Crippen LogP contribution in [0.3, 0.4) is 0 Å². The molecule has 0 aromatic carbocycles. The standard InChI is InChI=1S/C21H30N2O3/c1-13(2)23-20(24)26-12-21-11-25-19(17-7-6-8-22-10-17)18(16(21)5)14(3)9-15(21)4/h6-10,13,15-16,18-19H,11-12H2,1-5H3,(H,23,24)/t15-,16+,18+,19-,21+/m0/s1. The number of hydrogen-bond donors (Lipinski definition) is 1. The van der Waals surface area contributed by atoms with Crippen LogP contribution in [0.4, 0.5) is 4.79 Å². The van der Waals surface area contributed by atoms with Crippen LogP contribution >= 0.6 is 0 Å². The van der Waals surface area contributed by atoms with Gasteiger partial charge in [-0.15, -0.1) is 0 Å². The van der Waals surface area contributed by atoms with Gasteiger partial charge in [-0.3, -0.25) is 4.98 Å². The number of fused-ring (bicyclic) bond motifs is 2. The van der Waals surface area contributed by atoms with E-state index in [4.69, 9.17) is 9.47 Å². The van der Waals surface area contributed by atoms with Gasteiger partial charge >= 0.3 is 6.09 Å². The SMILES string of the molecule is CC1=C[C@H](C)[C@]2(COC(=O)NC(C)C)CO[C@@H](c3cccnc3)[C@H]1[C@H]2C. The fourth-order valence-corrected chi connectivity index (χ4v) is 4.58. The highest BCUT2D eigenvalue weighted by atomic mass is 16.6. The van der Waals surface area contributed by atoms with Gasteiger partial charge in [-0.2, -0.15) is 0 Å². The lowest BCUT2D eigenvalue weighted by Gasteiger charge is -2.55. The Hall–Kier alpha value is -1.88. The Morgan fingerprint density at radius 3 is 2.88 bits per heavy atom. The summed E-state index contributed by atoms with van der Waals surface area (Å²) in [4.78, 5) is 16.3. The number of nitrogens with one attached hydrogen (secondary N) is 1. The minimum absolute atomic E-state index is 0.0000607. The lowest BCUT2D eigenvalue weighted by Crippen LogP contribution is -2.55. The van der Waals surface area contributed by atoms with E-state index < -0.39 is 0 Å². The van der Waals surface area contributed by atoms with Crippen LogP contribution in [0.15, 0.2) is 36.2 Å². The Bertz CT molecular complexity index is 673. The van der Waals surface area contributed by atoms with Crippen LogP contribution in [-0.2, 0) is 9.47 Å². The normalized spacial score (nSPS) is 33.5. The number of aromatic nitrogens is 1. The third-order valence-electron chi connectivity index (χ3n) is 6.14. The second-order valence-corrected chi connectivity index (χ2v) is 8.14. The number of carbonyl (C=O) groups excluding carboxylic acids is 1. The zero-order valence-electron chi connectivity index (χ0n) is 16.4. The van der Waals surface area contributed by atoms with Gasteiger partial charge in [0, 0.05) is 29.8 Å². The summed E-state index contributed by atoms with van der Waals surface area (Å²) in [6.45, 7) is 11.5. The number of hydrogen-bond acceptors (Lipinski definition) is 4. The molecular formula is C21H30N2O3. The zero-order chi connectivity index (χ0) is 18.9. The molecule has 3 rings (SSSR count). The van der Waals surface area contributed by atoms with E-state index in [2.05, 4.69) is 43.2 Å². The zero-order valence-corrected chi connectivity index (χ0v) is 16.4. The lowest BCUT2D eigenvalue weighted by atomic mass is 9.56. The fraction of sp³-hybridized carbons (Fsp3) is 0.619. The van der Waals surface area contributed by atoms with Crippen LogP contribution in [0.25, 0.3) is 0 Å². The first-order valence-corrected chi connectivity index (χ1v) is 9.48. The number of pyridine rings is 1. The van der Waals surface area contributed by atoms with Crippen molar-refractivity contribution in [3.05, 3.63) is 41.7 Å². The number of alkyl carbamates (subject to hydrolysis) is 1. The Balaban J connectivity index is 1.84. The summed E-state index contributed by atoms with van der Waals surface area (Å²) in [6.07, 6.45) is 5.65. The number of ether oxygens (including phenoxy) is 2. The molecule has 0 radical (unpaired) electrons. The molecule has 5 heteroatoms. The van der Waals surface area contributed by atoms with Crippen LogP contribution in [0.5, 0.6) is 0 Å². The fourth-order valence-electron chi connectivity index (χ4n) is 4.58. The number of rotatable bonds is 4. The summed E-state index contributed by atoms with van der Waals surface area (Å²) in [5.41, 5.74) is 2.26. The van der Waals surface area contributed by atoms with E-state index >= 15 is 0 Å². The summed E-state index contributed by atoms with van der Waals surface area (Å²) >= 11 is 0. The van der Waals surface area contributed by atoms with Crippen LogP contribution < -0.4 is 5.32 Å². The summed E-state index contributed by atoms with van der Waals surface area (Å²) in [5, 5.41) is 2.80. The van der Waals surface area contributed by atoms with Gasteiger partial charge in [0.05, 0.1) is 12.7 Å². The van der Waals surface area contributed by atoms with Crippen LogP contribution in [0.2, 0.25) is 0 Å². The molecule has 0 unspecified atom stereocenters. The largest absolute Gasteiger partial charge is 0.449 e. The molecule has 0 saturated carbocycles. The van der Waals surface area contributed by atoms with Crippen LogP contribution in [0.1, 0.15) is 46.3 Å². The Labute approximate surface area is 156 Å². The van der Waals surface area contributed by atoms with Crippen LogP contribution in [0, 0.1) is 23.2 Å². The first-order valence-electron chi connectivity index (χ1n) is 9.48. The van der Waals surface area contributed by atoms with Crippen molar-refractivity contribution in [1.29, 1.82) is 0 Å². The average Bonchev–Trinajstić information content (AvgIpc) is 2.59. The van der Waals surface area contributed by atoms with E-state index in [9.17, 15) is 4.79 Å². The van der Waals surface area contributed by atoms with Gasteiger partial charge in [0.25, 0.3) is 0 Å². The molecule has 1 aromatic heterocycles. The topological polar surface area (TPSA) is 60.5 Å². The molecule has 1 N–H and O–H groups in total. The maximum absolute atomic E-state index is 12.0. The van der Waals surface area contributed by atoms with E-state index in [0.717, 1.165) is 5.56 Å². The van der Waals surface area contributed by atoms with E-state index in [0.29, 0.717) is 19.1 Å². The number of nitrogens with zero attached hydrogens (tertiary/aromatic N) is 1. The van der Waals surface area contributed by atoms with Gasteiger partial charge in [0.1, 0.15) is 6.61 Å². The smallest absolute Gasteiger partial charge is 0.407 e. The van der Waals surface area contributed by atoms with Gasteiger partial charge in [0.2, 0.25) is 0 Å². The van der Waals surface area contributed by atoms with Crippen molar-refractivity contribution in [1.82, 2.24) is 10.3 Å². The van der Waals surface area contributed by atoms with Gasteiger partial charge in [0.15, 0.2) is 0 Å².